The number of rotatable bonds is 6. The first kappa shape index (κ1) is 17.7. The van der Waals surface area contributed by atoms with Gasteiger partial charge in [-0.3, -0.25) is 9.59 Å². The van der Waals surface area contributed by atoms with Crippen LogP contribution in [0.2, 0.25) is 0 Å². The molecule has 0 unspecified atom stereocenters. The molecule has 0 atom stereocenters. The van der Waals surface area contributed by atoms with Crippen molar-refractivity contribution in [3.05, 3.63) is 65.2 Å². The van der Waals surface area contributed by atoms with Gasteiger partial charge in [-0.25, -0.2) is 0 Å². The molecule has 5 heteroatoms. The van der Waals surface area contributed by atoms with Crippen LogP contribution in [0.4, 0.5) is 5.69 Å². The highest BCUT2D eigenvalue weighted by Gasteiger charge is 2.13. The summed E-state index contributed by atoms with van der Waals surface area (Å²) in [5.41, 5.74) is 8.24. The van der Waals surface area contributed by atoms with Gasteiger partial charge in [0.1, 0.15) is 0 Å². The fraction of sp³-hybridized carbons (Fsp3) is 0.263. The number of anilines is 1. The Morgan fingerprint density at radius 1 is 1.00 bits per heavy atom. The molecular formula is C19H23N3O2. The maximum atomic E-state index is 12.4. The van der Waals surface area contributed by atoms with Gasteiger partial charge in [0.25, 0.3) is 11.8 Å². The molecule has 0 spiro atoms. The fourth-order valence-corrected chi connectivity index (χ4v) is 2.42. The minimum Gasteiger partial charge on any atom is -0.339 e. The number of hydrogen-bond acceptors (Lipinski definition) is 3. The lowest BCUT2D eigenvalue weighted by Gasteiger charge is -2.19. The second-order valence-corrected chi connectivity index (χ2v) is 5.41. The van der Waals surface area contributed by atoms with Gasteiger partial charge >= 0.3 is 0 Å². The van der Waals surface area contributed by atoms with Crippen LogP contribution >= 0.6 is 0 Å². The Morgan fingerprint density at radius 3 is 2.25 bits per heavy atom. The Morgan fingerprint density at radius 2 is 1.67 bits per heavy atom. The van der Waals surface area contributed by atoms with Gasteiger partial charge in [0.15, 0.2) is 0 Å². The molecule has 0 aliphatic rings. The predicted molar refractivity (Wildman–Crippen MR) is 96.0 cm³/mol. The van der Waals surface area contributed by atoms with Gasteiger partial charge in [0.2, 0.25) is 0 Å². The average Bonchev–Trinajstić information content (AvgIpc) is 2.63. The minimum absolute atomic E-state index is 0.0385. The highest BCUT2D eigenvalue weighted by molar-refractivity contribution is 6.05. The molecule has 0 heterocycles. The highest BCUT2D eigenvalue weighted by atomic mass is 16.2. The largest absolute Gasteiger partial charge is 0.339 e. The number of nitrogens with zero attached hydrogens (tertiary/aromatic N) is 1. The van der Waals surface area contributed by atoms with E-state index in [1.54, 1.807) is 41.3 Å². The normalized spacial score (nSPS) is 10.3. The van der Waals surface area contributed by atoms with Gasteiger partial charge in [-0.2, -0.15) is 0 Å². The molecule has 0 aliphatic carbocycles. The Labute approximate surface area is 142 Å². The first-order valence-electron chi connectivity index (χ1n) is 8.08. The second-order valence-electron chi connectivity index (χ2n) is 5.41. The zero-order valence-electron chi connectivity index (χ0n) is 14.1. The topological polar surface area (TPSA) is 75.4 Å². The van der Waals surface area contributed by atoms with E-state index < -0.39 is 0 Å². The number of nitrogens with one attached hydrogen (secondary N) is 1. The lowest BCUT2D eigenvalue weighted by molar-refractivity contribution is 0.0772. The van der Waals surface area contributed by atoms with E-state index in [4.69, 9.17) is 5.73 Å². The van der Waals surface area contributed by atoms with E-state index in [0.717, 1.165) is 5.56 Å². The van der Waals surface area contributed by atoms with E-state index in [-0.39, 0.29) is 11.8 Å². The lowest BCUT2D eigenvalue weighted by Crippen LogP contribution is -2.30. The molecule has 2 aromatic rings. The predicted octanol–water partition coefficient (Wildman–Crippen LogP) is 2.88. The maximum Gasteiger partial charge on any atom is 0.255 e. The lowest BCUT2D eigenvalue weighted by atomic mass is 10.1. The van der Waals surface area contributed by atoms with Gasteiger partial charge in [-0.05, 0) is 49.7 Å². The van der Waals surface area contributed by atoms with E-state index in [2.05, 4.69) is 5.32 Å². The summed E-state index contributed by atoms with van der Waals surface area (Å²) in [5, 5.41) is 2.82. The van der Waals surface area contributed by atoms with Crippen molar-refractivity contribution in [2.24, 2.45) is 5.73 Å². The van der Waals surface area contributed by atoms with Crippen molar-refractivity contribution in [2.45, 2.75) is 20.4 Å². The molecule has 0 fully saturated rings. The van der Waals surface area contributed by atoms with Gasteiger partial charge < -0.3 is 16.0 Å². The summed E-state index contributed by atoms with van der Waals surface area (Å²) < 4.78 is 0. The number of nitrogens with two attached hydrogens (primary N) is 1. The van der Waals surface area contributed by atoms with Crippen molar-refractivity contribution >= 4 is 17.5 Å². The molecule has 0 saturated heterocycles. The van der Waals surface area contributed by atoms with Gasteiger partial charge in [0, 0.05) is 36.4 Å². The van der Waals surface area contributed by atoms with Gasteiger partial charge in [0.05, 0.1) is 0 Å². The van der Waals surface area contributed by atoms with Crippen LogP contribution in [-0.4, -0.2) is 29.8 Å². The molecule has 5 nitrogen and oxygen atoms in total. The first-order chi connectivity index (χ1) is 11.6. The summed E-state index contributed by atoms with van der Waals surface area (Å²) >= 11 is 0. The highest BCUT2D eigenvalue weighted by Crippen LogP contribution is 2.14. The minimum atomic E-state index is -0.217. The molecule has 3 N–H and O–H groups in total. The molecule has 2 rings (SSSR count). The number of carbonyl (C=O) groups excluding carboxylic acids is 2. The number of amides is 2. The van der Waals surface area contributed by atoms with Crippen LogP contribution in [0.25, 0.3) is 0 Å². The SMILES string of the molecule is CCN(CC)C(=O)c1cccc(NC(=O)c2ccc(CN)cc2)c1. The van der Waals surface area contributed by atoms with Crippen LogP contribution in [0.15, 0.2) is 48.5 Å². The Kier molecular flexibility index (Phi) is 6.09. The van der Waals surface area contributed by atoms with E-state index in [0.29, 0.717) is 36.4 Å². The molecule has 2 aromatic carbocycles. The third-order valence-corrected chi connectivity index (χ3v) is 3.87. The van der Waals surface area contributed by atoms with E-state index >= 15 is 0 Å². The quantitative estimate of drug-likeness (QED) is 0.857. The van der Waals surface area contributed by atoms with Crippen LogP contribution < -0.4 is 11.1 Å². The van der Waals surface area contributed by atoms with Crippen LogP contribution in [0.3, 0.4) is 0 Å². The van der Waals surface area contributed by atoms with E-state index in [9.17, 15) is 9.59 Å². The van der Waals surface area contributed by atoms with Crippen molar-refractivity contribution in [3.8, 4) is 0 Å². The first-order valence-corrected chi connectivity index (χ1v) is 8.08. The molecule has 2 amide bonds. The maximum absolute atomic E-state index is 12.4. The number of carbonyl (C=O) groups is 2. The number of hydrogen-bond donors (Lipinski definition) is 2. The Bertz CT molecular complexity index is 707. The Balaban J connectivity index is 2.13. The van der Waals surface area contributed by atoms with Crippen molar-refractivity contribution in [3.63, 3.8) is 0 Å². The monoisotopic (exact) mass is 325 g/mol. The number of benzene rings is 2. The smallest absolute Gasteiger partial charge is 0.255 e. The summed E-state index contributed by atoms with van der Waals surface area (Å²) in [6, 6.07) is 14.1. The van der Waals surface area contributed by atoms with Crippen molar-refractivity contribution in [1.82, 2.24) is 4.90 Å². The molecule has 0 aromatic heterocycles. The summed E-state index contributed by atoms with van der Waals surface area (Å²) in [4.78, 5) is 26.4. The van der Waals surface area contributed by atoms with Crippen LogP contribution in [0.5, 0.6) is 0 Å². The third-order valence-electron chi connectivity index (χ3n) is 3.87. The van der Waals surface area contributed by atoms with E-state index in [1.807, 2.05) is 26.0 Å². The van der Waals surface area contributed by atoms with Crippen LogP contribution in [-0.2, 0) is 6.54 Å². The standard InChI is InChI=1S/C19H23N3O2/c1-3-22(4-2)19(24)16-6-5-7-17(12-16)21-18(23)15-10-8-14(13-20)9-11-15/h5-12H,3-4,13,20H2,1-2H3,(H,21,23). The second kappa shape index (κ2) is 8.26. The molecule has 0 bridgehead atoms. The van der Waals surface area contributed by atoms with Gasteiger partial charge in [-0.1, -0.05) is 18.2 Å². The summed E-state index contributed by atoms with van der Waals surface area (Å²) in [6.07, 6.45) is 0. The molecule has 0 radical (unpaired) electrons. The summed E-state index contributed by atoms with van der Waals surface area (Å²) in [5.74, 6) is -0.255. The van der Waals surface area contributed by atoms with E-state index in [1.165, 1.54) is 0 Å². The molecule has 0 saturated carbocycles. The fourth-order valence-electron chi connectivity index (χ4n) is 2.42. The molecule has 24 heavy (non-hydrogen) atoms. The molecular weight excluding hydrogens is 302 g/mol. The third kappa shape index (κ3) is 4.20. The van der Waals surface area contributed by atoms with Crippen LogP contribution in [0, 0.1) is 0 Å². The summed E-state index contributed by atoms with van der Waals surface area (Å²) in [7, 11) is 0. The Hall–Kier alpha value is -2.66. The van der Waals surface area contributed by atoms with Gasteiger partial charge in [-0.15, -0.1) is 0 Å². The average molecular weight is 325 g/mol. The zero-order chi connectivity index (χ0) is 17.5. The van der Waals surface area contributed by atoms with Crippen molar-refractivity contribution in [2.75, 3.05) is 18.4 Å². The molecule has 126 valence electrons. The zero-order valence-corrected chi connectivity index (χ0v) is 14.1. The van der Waals surface area contributed by atoms with Crippen molar-refractivity contribution < 1.29 is 9.59 Å². The van der Waals surface area contributed by atoms with Crippen LogP contribution in [0.1, 0.15) is 40.1 Å². The van der Waals surface area contributed by atoms with Crippen molar-refractivity contribution in [1.29, 1.82) is 0 Å². The molecule has 0 aliphatic heterocycles. The summed E-state index contributed by atoms with van der Waals surface area (Å²) in [6.45, 7) is 5.63.